The Balaban J connectivity index is 2.24. The lowest BCUT2D eigenvalue weighted by molar-refractivity contribution is 0.0690. The molecule has 0 radical (unpaired) electrons. The molecule has 5 heteroatoms. The number of nitrogens with two attached hydrogens (primary N) is 1. The molecule has 92 valence electrons. The van der Waals surface area contributed by atoms with Gasteiger partial charge in [0, 0.05) is 5.54 Å². The number of pyridine rings is 1. The van der Waals surface area contributed by atoms with Crippen molar-refractivity contribution in [2.45, 2.75) is 32.2 Å². The number of nitrogens with one attached hydrogen (secondary N) is 1. The molecule has 1 aromatic heterocycles. The van der Waals surface area contributed by atoms with Gasteiger partial charge in [-0.1, -0.05) is 0 Å². The van der Waals surface area contributed by atoms with Crippen LogP contribution in [0.5, 0.6) is 0 Å². The minimum Gasteiger partial charge on any atom is -0.477 e. The Morgan fingerprint density at radius 2 is 2.18 bits per heavy atom. The lowest BCUT2D eigenvalue weighted by atomic mass is 9.99. The molecule has 1 saturated carbocycles. The largest absolute Gasteiger partial charge is 0.477 e. The summed E-state index contributed by atoms with van der Waals surface area (Å²) in [6.45, 7) is 4.17. The van der Waals surface area contributed by atoms with E-state index in [-0.39, 0.29) is 11.2 Å². The van der Waals surface area contributed by atoms with Crippen molar-refractivity contribution in [3.8, 4) is 0 Å². The van der Waals surface area contributed by atoms with Crippen LogP contribution in [0.2, 0.25) is 0 Å². The van der Waals surface area contributed by atoms with Gasteiger partial charge in [-0.15, -0.1) is 0 Å². The Labute approximate surface area is 100 Å². The van der Waals surface area contributed by atoms with Crippen LogP contribution in [0.1, 0.15) is 37.2 Å². The third-order valence-corrected chi connectivity index (χ3v) is 3.18. The van der Waals surface area contributed by atoms with Crippen molar-refractivity contribution in [3.63, 3.8) is 0 Å². The van der Waals surface area contributed by atoms with E-state index in [0.717, 1.165) is 0 Å². The highest BCUT2D eigenvalue weighted by Gasteiger charge is 2.38. The van der Waals surface area contributed by atoms with Crippen LogP contribution < -0.4 is 11.1 Å². The Morgan fingerprint density at radius 3 is 2.71 bits per heavy atom. The second-order valence-electron chi connectivity index (χ2n) is 5.06. The molecule has 0 amide bonds. The van der Waals surface area contributed by atoms with Crippen molar-refractivity contribution < 1.29 is 9.90 Å². The fourth-order valence-electron chi connectivity index (χ4n) is 1.90. The van der Waals surface area contributed by atoms with E-state index >= 15 is 0 Å². The molecule has 0 spiro atoms. The summed E-state index contributed by atoms with van der Waals surface area (Å²) in [5.41, 5.74) is 6.18. The standard InChI is InChI=1S/C12H17N3O2/c1-12(2,7-3-4-7)15-10-8(13)5-6-9(14-10)11(16)17/h5-7H,3-4,13H2,1-2H3,(H,14,15)(H,16,17). The summed E-state index contributed by atoms with van der Waals surface area (Å²) in [6.07, 6.45) is 2.39. The second-order valence-corrected chi connectivity index (χ2v) is 5.06. The zero-order chi connectivity index (χ0) is 12.6. The number of hydrogen-bond acceptors (Lipinski definition) is 4. The predicted octanol–water partition coefficient (Wildman–Crippen LogP) is 1.96. The number of aromatic carboxylic acids is 1. The molecule has 0 saturated heterocycles. The van der Waals surface area contributed by atoms with E-state index in [4.69, 9.17) is 10.8 Å². The van der Waals surface area contributed by atoms with E-state index < -0.39 is 5.97 Å². The number of carboxylic acids is 1. The SMILES string of the molecule is CC(C)(Nc1nc(C(=O)O)ccc1N)C1CC1. The third kappa shape index (κ3) is 2.49. The Morgan fingerprint density at radius 1 is 1.53 bits per heavy atom. The summed E-state index contributed by atoms with van der Waals surface area (Å²) in [6, 6.07) is 2.98. The second kappa shape index (κ2) is 3.91. The number of nitrogens with zero attached hydrogens (tertiary/aromatic N) is 1. The van der Waals surface area contributed by atoms with Crippen LogP contribution in [0, 0.1) is 5.92 Å². The van der Waals surface area contributed by atoms with Gasteiger partial charge in [0.2, 0.25) is 0 Å². The fourth-order valence-corrected chi connectivity index (χ4v) is 1.90. The van der Waals surface area contributed by atoms with Crippen LogP contribution in [0.25, 0.3) is 0 Å². The molecule has 0 aromatic carbocycles. The van der Waals surface area contributed by atoms with Crippen LogP contribution in [0.4, 0.5) is 11.5 Å². The number of carboxylic acid groups (broad SMARTS) is 1. The minimum atomic E-state index is -1.04. The number of anilines is 2. The molecule has 0 bridgehead atoms. The van der Waals surface area contributed by atoms with Gasteiger partial charge in [-0.3, -0.25) is 0 Å². The summed E-state index contributed by atoms with van der Waals surface area (Å²) < 4.78 is 0. The molecule has 1 aliphatic carbocycles. The number of carbonyl (C=O) groups is 1. The van der Waals surface area contributed by atoms with E-state index in [1.807, 2.05) is 0 Å². The highest BCUT2D eigenvalue weighted by atomic mass is 16.4. The van der Waals surface area contributed by atoms with Crippen LogP contribution >= 0.6 is 0 Å². The first-order valence-electron chi connectivity index (χ1n) is 5.68. The topological polar surface area (TPSA) is 88.2 Å². The molecule has 1 aliphatic rings. The molecule has 0 aliphatic heterocycles. The van der Waals surface area contributed by atoms with E-state index in [1.165, 1.54) is 18.9 Å². The van der Waals surface area contributed by atoms with E-state index in [9.17, 15) is 4.79 Å². The van der Waals surface area contributed by atoms with Crippen molar-refractivity contribution in [1.82, 2.24) is 4.98 Å². The summed E-state index contributed by atoms with van der Waals surface area (Å²) in [4.78, 5) is 14.9. The first-order valence-corrected chi connectivity index (χ1v) is 5.68. The van der Waals surface area contributed by atoms with Crippen molar-refractivity contribution >= 4 is 17.5 Å². The highest BCUT2D eigenvalue weighted by Crippen LogP contribution is 2.41. The Kier molecular flexibility index (Phi) is 2.69. The Bertz CT molecular complexity index is 453. The quantitative estimate of drug-likeness (QED) is 0.742. The summed E-state index contributed by atoms with van der Waals surface area (Å²) in [7, 11) is 0. The van der Waals surface area contributed by atoms with Crippen molar-refractivity contribution in [2.24, 2.45) is 5.92 Å². The average Bonchev–Trinajstić information content (AvgIpc) is 3.04. The normalized spacial score (nSPS) is 15.6. The van der Waals surface area contributed by atoms with Gasteiger partial charge in [0.25, 0.3) is 0 Å². The molecule has 4 N–H and O–H groups in total. The molecule has 5 nitrogen and oxygen atoms in total. The van der Waals surface area contributed by atoms with Crippen molar-refractivity contribution in [1.29, 1.82) is 0 Å². The van der Waals surface area contributed by atoms with Crippen molar-refractivity contribution in [2.75, 3.05) is 11.1 Å². The first-order chi connectivity index (χ1) is 7.90. The first kappa shape index (κ1) is 11.7. The van der Waals surface area contributed by atoms with Gasteiger partial charge in [0.05, 0.1) is 5.69 Å². The van der Waals surface area contributed by atoms with Gasteiger partial charge < -0.3 is 16.2 Å². The maximum atomic E-state index is 10.8. The zero-order valence-electron chi connectivity index (χ0n) is 10.0. The van der Waals surface area contributed by atoms with Gasteiger partial charge in [-0.2, -0.15) is 0 Å². The monoisotopic (exact) mass is 235 g/mol. The lowest BCUT2D eigenvalue weighted by Gasteiger charge is -2.27. The van der Waals surface area contributed by atoms with Crippen molar-refractivity contribution in [3.05, 3.63) is 17.8 Å². The lowest BCUT2D eigenvalue weighted by Crippen LogP contribution is -2.34. The van der Waals surface area contributed by atoms with Crippen LogP contribution in [0.15, 0.2) is 12.1 Å². The van der Waals surface area contributed by atoms with E-state index in [0.29, 0.717) is 17.4 Å². The number of rotatable bonds is 4. The third-order valence-electron chi connectivity index (χ3n) is 3.18. The Hall–Kier alpha value is -1.78. The predicted molar refractivity (Wildman–Crippen MR) is 66.0 cm³/mol. The van der Waals surface area contributed by atoms with Gasteiger partial charge >= 0.3 is 5.97 Å². The highest BCUT2D eigenvalue weighted by molar-refractivity contribution is 5.86. The van der Waals surface area contributed by atoms with E-state index in [1.54, 1.807) is 6.07 Å². The van der Waals surface area contributed by atoms with Crippen LogP contribution in [-0.4, -0.2) is 21.6 Å². The number of aromatic nitrogens is 1. The van der Waals surface area contributed by atoms with Gasteiger partial charge in [-0.05, 0) is 44.7 Å². The molecule has 17 heavy (non-hydrogen) atoms. The maximum absolute atomic E-state index is 10.8. The van der Waals surface area contributed by atoms with Crippen LogP contribution in [0.3, 0.4) is 0 Å². The molecule has 0 unspecified atom stereocenters. The minimum absolute atomic E-state index is 0.00768. The van der Waals surface area contributed by atoms with Gasteiger partial charge in [0.1, 0.15) is 0 Å². The molecule has 1 aromatic rings. The summed E-state index contributed by atoms with van der Waals surface area (Å²) in [5.74, 6) is 0.0243. The summed E-state index contributed by atoms with van der Waals surface area (Å²) >= 11 is 0. The van der Waals surface area contributed by atoms with Gasteiger partial charge in [-0.25, -0.2) is 9.78 Å². The molecule has 1 heterocycles. The molecule has 2 rings (SSSR count). The van der Waals surface area contributed by atoms with Crippen LogP contribution in [-0.2, 0) is 0 Å². The molecular formula is C12H17N3O2. The number of hydrogen-bond donors (Lipinski definition) is 3. The fraction of sp³-hybridized carbons (Fsp3) is 0.500. The van der Waals surface area contributed by atoms with E-state index in [2.05, 4.69) is 24.1 Å². The zero-order valence-corrected chi connectivity index (χ0v) is 10.0. The average molecular weight is 235 g/mol. The van der Waals surface area contributed by atoms with Gasteiger partial charge in [0.15, 0.2) is 11.5 Å². The molecular weight excluding hydrogens is 218 g/mol. The number of nitrogen functional groups attached to an aromatic ring is 1. The maximum Gasteiger partial charge on any atom is 0.354 e. The molecule has 0 atom stereocenters. The summed E-state index contributed by atoms with van der Waals surface area (Å²) in [5, 5.41) is 12.1. The molecule has 1 fully saturated rings. The smallest absolute Gasteiger partial charge is 0.354 e.